The molecule has 6 nitrogen and oxygen atoms in total. The highest BCUT2D eigenvalue weighted by Crippen LogP contribution is 2.47. The highest BCUT2D eigenvalue weighted by Gasteiger charge is 2.56. The molecule has 0 radical (unpaired) electrons. The molecule has 2 bridgehead atoms. The maximum atomic E-state index is 12.3. The van der Waals surface area contributed by atoms with Crippen molar-refractivity contribution in [2.45, 2.75) is 18.7 Å². The molecular weight excluding hydrogens is 296 g/mol. The summed E-state index contributed by atoms with van der Waals surface area (Å²) in [5.41, 5.74) is -0.332. The second-order valence-electron chi connectivity index (χ2n) is 5.98. The van der Waals surface area contributed by atoms with Crippen molar-refractivity contribution in [1.82, 2.24) is 10.6 Å². The van der Waals surface area contributed by atoms with Crippen molar-refractivity contribution in [3.8, 4) is 5.75 Å². The number of carbonyl (C=O) groups is 2. The predicted molar refractivity (Wildman–Crippen MR) is 82.9 cm³/mol. The van der Waals surface area contributed by atoms with Gasteiger partial charge in [0, 0.05) is 5.56 Å². The molecule has 23 heavy (non-hydrogen) atoms. The van der Waals surface area contributed by atoms with Gasteiger partial charge in [-0.15, -0.1) is 0 Å². The van der Waals surface area contributed by atoms with E-state index in [1.54, 1.807) is 6.92 Å². The van der Waals surface area contributed by atoms with Crippen LogP contribution in [-0.4, -0.2) is 24.8 Å². The number of urea groups is 1. The average molecular weight is 312 g/mol. The largest absolute Gasteiger partial charge is 0.469 e. The Morgan fingerprint density at radius 2 is 2.04 bits per heavy atom. The molecule has 0 aliphatic carbocycles. The molecule has 0 saturated carbocycles. The minimum atomic E-state index is -1.14. The molecule has 2 aromatic rings. The third-order valence-corrected chi connectivity index (χ3v) is 4.59. The van der Waals surface area contributed by atoms with Gasteiger partial charge in [0.1, 0.15) is 11.7 Å². The molecule has 1 saturated heterocycles. The van der Waals surface area contributed by atoms with Gasteiger partial charge < -0.3 is 14.8 Å². The van der Waals surface area contributed by atoms with Crippen LogP contribution in [0, 0.1) is 5.92 Å². The number of carbonyl (C=O) groups excluding carboxylic acids is 2. The summed E-state index contributed by atoms with van der Waals surface area (Å²) in [6, 6.07) is 10.8. The van der Waals surface area contributed by atoms with Gasteiger partial charge >= 0.3 is 12.0 Å². The Morgan fingerprint density at radius 3 is 2.83 bits per heavy atom. The average Bonchev–Trinajstić information content (AvgIpc) is 2.52. The van der Waals surface area contributed by atoms with Crippen molar-refractivity contribution in [3.05, 3.63) is 42.0 Å². The summed E-state index contributed by atoms with van der Waals surface area (Å²) in [5.74, 6) is -0.448. The summed E-state index contributed by atoms with van der Waals surface area (Å²) in [6.07, 6.45) is 0. The maximum absolute atomic E-state index is 12.3. The number of fused-ring (bicyclic) bond motifs is 6. The van der Waals surface area contributed by atoms with Crippen LogP contribution in [0.15, 0.2) is 36.4 Å². The minimum Gasteiger partial charge on any atom is -0.469 e. The molecule has 2 heterocycles. The fraction of sp³-hybridized carbons (Fsp3) is 0.294. The van der Waals surface area contributed by atoms with Gasteiger partial charge in [0.2, 0.25) is 0 Å². The van der Waals surface area contributed by atoms with Crippen LogP contribution < -0.4 is 15.4 Å². The zero-order valence-corrected chi connectivity index (χ0v) is 12.8. The van der Waals surface area contributed by atoms with E-state index in [4.69, 9.17) is 9.47 Å². The lowest BCUT2D eigenvalue weighted by Crippen LogP contribution is -2.70. The van der Waals surface area contributed by atoms with Crippen molar-refractivity contribution < 1.29 is 19.1 Å². The number of rotatable bonds is 1. The van der Waals surface area contributed by atoms with Crippen LogP contribution in [0.25, 0.3) is 10.8 Å². The zero-order chi connectivity index (χ0) is 16.2. The standard InChI is InChI=1S/C17H16N2O4/c1-17-13(15(20)22-2)14(18-16(21)19-17)12-10-6-4-3-5-9(10)7-8-11(12)23-17/h3-8,13-14H,1-2H3,(H2,18,19,21)/t13-,14?,17?/m0/s1. The van der Waals surface area contributed by atoms with Gasteiger partial charge in [0.25, 0.3) is 0 Å². The molecule has 1 fully saturated rings. The van der Waals surface area contributed by atoms with E-state index in [1.807, 2.05) is 36.4 Å². The molecule has 0 spiro atoms. The zero-order valence-electron chi connectivity index (χ0n) is 12.8. The molecule has 0 aromatic heterocycles. The lowest BCUT2D eigenvalue weighted by molar-refractivity contribution is -0.160. The Bertz CT molecular complexity index is 834. The highest BCUT2D eigenvalue weighted by atomic mass is 16.5. The fourth-order valence-corrected chi connectivity index (χ4v) is 3.61. The predicted octanol–water partition coefficient (Wildman–Crippen LogP) is 2.09. The Balaban J connectivity index is 1.99. The summed E-state index contributed by atoms with van der Waals surface area (Å²) >= 11 is 0. The number of hydrogen-bond acceptors (Lipinski definition) is 4. The van der Waals surface area contributed by atoms with Crippen LogP contribution in [0.3, 0.4) is 0 Å². The molecule has 2 amide bonds. The minimum absolute atomic E-state index is 0.365. The number of ether oxygens (including phenoxy) is 2. The van der Waals surface area contributed by atoms with Crippen molar-refractivity contribution in [3.63, 3.8) is 0 Å². The summed E-state index contributed by atoms with van der Waals surface area (Å²) in [5, 5.41) is 7.54. The van der Waals surface area contributed by atoms with Gasteiger partial charge in [-0.2, -0.15) is 0 Å². The number of hydrogen-bond donors (Lipinski definition) is 2. The van der Waals surface area contributed by atoms with E-state index in [1.165, 1.54) is 7.11 Å². The summed E-state index contributed by atoms with van der Waals surface area (Å²) in [6.45, 7) is 1.69. The van der Waals surface area contributed by atoms with Crippen molar-refractivity contribution >= 4 is 22.8 Å². The van der Waals surface area contributed by atoms with E-state index in [2.05, 4.69) is 10.6 Å². The maximum Gasteiger partial charge on any atom is 0.318 e. The highest BCUT2D eigenvalue weighted by molar-refractivity contribution is 5.92. The van der Waals surface area contributed by atoms with E-state index in [0.717, 1.165) is 16.3 Å². The second-order valence-corrected chi connectivity index (χ2v) is 5.98. The monoisotopic (exact) mass is 312 g/mol. The molecule has 4 rings (SSSR count). The summed E-state index contributed by atoms with van der Waals surface area (Å²) < 4.78 is 11.0. The Hall–Kier alpha value is -2.76. The second kappa shape index (κ2) is 4.62. The lowest BCUT2D eigenvalue weighted by atomic mass is 9.79. The van der Waals surface area contributed by atoms with Crippen LogP contribution >= 0.6 is 0 Å². The molecule has 2 aliphatic rings. The Labute approximate surface area is 132 Å². The fourth-order valence-electron chi connectivity index (χ4n) is 3.61. The van der Waals surface area contributed by atoms with E-state index in [-0.39, 0.29) is 6.03 Å². The van der Waals surface area contributed by atoms with Gasteiger partial charge in [-0.1, -0.05) is 30.3 Å². The first-order valence-electron chi connectivity index (χ1n) is 7.40. The van der Waals surface area contributed by atoms with Gasteiger partial charge in [-0.05, 0) is 23.8 Å². The van der Waals surface area contributed by atoms with E-state index in [9.17, 15) is 9.59 Å². The van der Waals surface area contributed by atoms with Crippen molar-refractivity contribution in [1.29, 1.82) is 0 Å². The van der Waals surface area contributed by atoms with Crippen LogP contribution in [0.4, 0.5) is 4.79 Å². The molecule has 2 aromatic carbocycles. The van der Waals surface area contributed by atoms with E-state index in [0.29, 0.717) is 5.75 Å². The third-order valence-electron chi connectivity index (χ3n) is 4.59. The van der Waals surface area contributed by atoms with E-state index >= 15 is 0 Å². The molecule has 2 aliphatic heterocycles. The molecular formula is C17H16N2O4. The van der Waals surface area contributed by atoms with Gasteiger partial charge in [-0.3, -0.25) is 10.1 Å². The van der Waals surface area contributed by atoms with Crippen molar-refractivity contribution in [2.75, 3.05) is 7.11 Å². The van der Waals surface area contributed by atoms with Gasteiger partial charge in [-0.25, -0.2) is 4.79 Å². The first kappa shape index (κ1) is 13.9. The Morgan fingerprint density at radius 1 is 1.26 bits per heavy atom. The van der Waals surface area contributed by atoms with Crippen LogP contribution in [-0.2, 0) is 9.53 Å². The first-order chi connectivity index (χ1) is 11.0. The molecule has 118 valence electrons. The number of esters is 1. The number of benzene rings is 2. The lowest BCUT2D eigenvalue weighted by Gasteiger charge is -2.49. The molecule has 6 heteroatoms. The van der Waals surface area contributed by atoms with Crippen molar-refractivity contribution in [2.24, 2.45) is 5.92 Å². The Kier molecular flexibility index (Phi) is 2.78. The summed E-state index contributed by atoms with van der Waals surface area (Å²) in [7, 11) is 1.34. The van der Waals surface area contributed by atoms with Crippen LogP contribution in [0.2, 0.25) is 0 Å². The normalized spacial score (nSPS) is 28.2. The number of nitrogens with one attached hydrogen (secondary N) is 2. The van der Waals surface area contributed by atoms with Gasteiger partial charge in [0.05, 0.1) is 13.2 Å². The number of amides is 2. The molecule has 3 atom stereocenters. The van der Waals surface area contributed by atoms with E-state index < -0.39 is 23.7 Å². The molecule has 2 N–H and O–H groups in total. The smallest absolute Gasteiger partial charge is 0.318 e. The SMILES string of the molecule is COC(=O)[C@@H]1C2NC(=O)NC1(C)Oc1ccc3ccccc3c12. The summed E-state index contributed by atoms with van der Waals surface area (Å²) in [4.78, 5) is 24.4. The quantitative estimate of drug-likeness (QED) is 0.791. The third kappa shape index (κ3) is 1.87. The van der Waals surface area contributed by atoms with Crippen LogP contribution in [0.1, 0.15) is 18.5 Å². The molecule has 2 unspecified atom stereocenters. The first-order valence-corrected chi connectivity index (χ1v) is 7.40. The van der Waals surface area contributed by atoms with Crippen LogP contribution in [0.5, 0.6) is 5.75 Å². The van der Waals surface area contributed by atoms with Gasteiger partial charge in [0.15, 0.2) is 5.72 Å². The number of methoxy groups -OCH3 is 1. The topological polar surface area (TPSA) is 76.7 Å².